The molecule has 8 heteroatoms. The van der Waals surface area contributed by atoms with Crippen LogP contribution in [0.1, 0.15) is 10.4 Å². The molecule has 2 aromatic carbocycles. The maximum absolute atomic E-state index is 12.8. The molecule has 0 saturated heterocycles. The van der Waals surface area contributed by atoms with Crippen LogP contribution in [0.15, 0.2) is 71.8 Å². The third-order valence-electron chi connectivity index (χ3n) is 4.84. The molecule has 30 heavy (non-hydrogen) atoms. The molecule has 0 saturated carbocycles. The molecule has 150 valence electrons. The number of carbonyl (C=O) groups is 1. The molecule has 8 nitrogen and oxygen atoms in total. The average Bonchev–Trinajstić information content (AvgIpc) is 3.19. The summed E-state index contributed by atoms with van der Waals surface area (Å²) in [6.45, 7) is 0.884. The second kappa shape index (κ2) is 7.40. The van der Waals surface area contributed by atoms with Crippen LogP contribution < -0.4 is 20.3 Å². The summed E-state index contributed by atoms with van der Waals surface area (Å²) in [5.74, 6) is 1.06. The van der Waals surface area contributed by atoms with E-state index in [4.69, 9.17) is 9.47 Å². The molecule has 0 radical (unpaired) electrons. The second-order valence-corrected chi connectivity index (χ2v) is 7.00. The van der Waals surface area contributed by atoms with Crippen molar-refractivity contribution in [3.05, 3.63) is 82.9 Å². The lowest BCUT2D eigenvalue weighted by atomic mass is 10.1. The molecular weight excluding hydrogens is 384 g/mol. The molecule has 0 fully saturated rings. The summed E-state index contributed by atoms with van der Waals surface area (Å²) in [5.41, 5.74) is 1.12. The van der Waals surface area contributed by atoms with Gasteiger partial charge in [-0.25, -0.2) is 0 Å². The molecule has 2 aromatic heterocycles. The lowest BCUT2D eigenvalue weighted by molar-refractivity contribution is 0.0759. The van der Waals surface area contributed by atoms with Crippen LogP contribution in [0.2, 0.25) is 0 Å². The van der Waals surface area contributed by atoms with Crippen LogP contribution in [-0.4, -0.2) is 33.4 Å². The van der Waals surface area contributed by atoms with Gasteiger partial charge in [0.15, 0.2) is 17.6 Å². The minimum Gasteiger partial charge on any atom is -0.486 e. The number of para-hydroxylation sites is 3. The van der Waals surface area contributed by atoms with Gasteiger partial charge in [0.25, 0.3) is 5.91 Å². The summed E-state index contributed by atoms with van der Waals surface area (Å²) in [4.78, 5) is 27.4. The Hall–Kier alpha value is -4.07. The Balaban J connectivity index is 1.30. The van der Waals surface area contributed by atoms with Crippen molar-refractivity contribution in [2.75, 3.05) is 11.9 Å². The third kappa shape index (κ3) is 3.50. The minimum absolute atomic E-state index is 0.194. The lowest BCUT2D eigenvalue weighted by Crippen LogP contribution is -2.33. The molecule has 1 atom stereocenters. The number of aromatic amines is 1. The number of fused-ring (bicyclic) bond motifs is 2. The van der Waals surface area contributed by atoms with E-state index in [0.717, 1.165) is 5.75 Å². The van der Waals surface area contributed by atoms with Gasteiger partial charge in [0.1, 0.15) is 6.61 Å². The van der Waals surface area contributed by atoms with E-state index in [2.05, 4.69) is 15.4 Å². The van der Waals surface area contributed by atoms with E-state index in [0.29, 0.717) is 41.1 Å². The number of hydrogen-bond donors (Lipinski definition) is 2. The Bertz CT molecular complexity index is 1290. The predicted octanol–water partition coefficient (Wildman–Crippen LogP) is 2.82. The van der Waals surface area contributed by atoms with Crippen molar-refractivity contribution < 1.29 is 14.3 Å². The number of H-pyrrole nitrogens is 1. The highest BCUT2D eigenvalue weighted by atomic mass is 16.6. The predicted molar refractivity (Wildman–Crippen MR) is 111 cm³/mol. The van der Waals surface area contributed by atoms with Crippen molar-refractivity contribution in [2.24, 2.45) is 0 Å². The van der Waals surface area contributed by atoms with Crippen LogP contribution in [-0.2, 0) is 6.54 Å². The van der Waals surface area contributed by atoms with Crippen LogP contribution in [0.3, 0.4) is 0 Å². The number of ether oxygens (including phenoxy) is 2. The largest absolute Gasteiger partial charge is 0.486 e. The fraction of sp³-hybridized carbons (Fsp3) is 0.136. The maximum Gasteiger partial charge on any atom is 0.256 e. The first kappa shape index (κ1) is 18.0. The molecule has 5 rings (SSSR count). The molecule has 3 heterocycles. The first-order valence-electron chi connectivity index (χ1n) is 9.50. The van der Waals surface area contributed by atoms with Crippen LogP contribution in [0, 0.1) is 0 Å². The van der Waals surface area contributed by atoms with E-state index in [1.54, 1.807) is 35.3 Å². The van der Waals surface area contributed by atoms with Crippen molar-refractivity contribution in [3.63, 3.8) is 0 Å². The van der Waals surface area contributed by atoms with Gasteiger partial charge >= 0.3 is 0 Å². The fourth-order valence-corrected chi connectivity index (χ4v) is 3.48. The van der Waals surface area contributed by atoms with Gasteiger partial charge in [-0.2, -0.15) is 5.10 Å². The zero-order valence-electron chi connectivity index (χ0n) is 15.9. The molecule has 1 aliphatic heterocycles. The first-order valence-corrected chi connectivity index (χ1v) is 9.50. The number of aromatic nitrogens is 3. The number of nitrogens with one attached hydrogen (secondary N) is 2. The smallest absolute Gasteiger partial charge is 0.256 e. The number of anilines is 1. The summed E-state index contributed by atoms with van der Waals surface area (Å²) in [6, 6.07) is 16.0. The average molecular weight is 402 g/mol. The Kier molecular flexibility index (Phi) is 4.44. The van der Waals surface area contributed by atoms with Crippen molar-refractivity contribution in [3.8, 4) is 11.5 Å². The highest BCUT2D eigenvalue weighted by Gasteiger charge is 2.21. The third-order valence-corrected chi connectivity index (χ3v) is 4.84. The van der Waals surface area contributed by atoms with Gasteiger partial charge in [0, 0.05) is 23.2 Å². The molecule has 0 aliphatic carbocycles. The summed E-state index contributed by atoms with van der Waals surface area (Å²) in [6.07, 6.45) is 3.09. The molecule has 1 amide bonds. The molecule has 0 bridgehead atoms. The second-order valence-electron chi connectivity index (χ2n) is 7.00. The van der Waals surface area contributed by atoms with Gasteiger partial charge in [-0.05, 0) is 18.2 Å². The van der Waals surface area contributed by atoms with Gasteiger partial charge in [0.05, 0.1) is 24.0 Å². The molecule has 4 aromatic rings. The van der Waals surface area contributed by atoms with Gasteiger partial charge in [-0.3, -0.25) is 14.3 Å². The number of carbonyl (C=O) groups excluding carboxylic acids is 1. The Morgan fingerprint density at radius 3 is 2.87 bits per heavy atom. The molecule has 2 N–H and O–H groups in total. The number of benzene rings is 2. The Labute approximate surface area is 171 Å². The van der Waals surface area contributed by atoms with Crippen LogP contribution >= 0.6 is 0 Å². The van der Waals surface area contributed by atoms with Crippen LogP contribution in [0.5, 0.6) is 11.5 Å². The van der Waals surface area contributed by atoms with Crippen LogP contribution in [0.25, 0.3) is 10.9 Å². The lowest BCUT2D eigenvalue weighted by Gasteiger charge is -2.26. The number of rotatable bonds is 4. The Morgan fingerprint density at radius 2 is 1.97 bits per heavy atom. The summed E-state index contributed by atoms with van der Waals surface area (Å²) in [5, 5.41) is 7.77. The van der Waals surface area contributed by atoms with Crippen molar-refractivity contribution in [1.82, 2.24) is 14.8 Å². The van der Waals surface area contributed by atoms with E-state index < -0.39 is 0 Å². The number of amides is 1. The Morgan fingerprint density at radius 1 is 1.17 bits per heavy atom. The fourth-order valence-electron chi connectivity index (χ4n) is 3.48. The molecule has 0 spiro atoms. The zero-order valence-corrected chi connectivity index (χ0v) is 15.9. The van der Waals surface area contributed by atoms with Crippen LogP contribution in [0.4, 0.5) is 5.69 Å². The standard InChI is InChI=1S/C22H18N4O4/c27-21-9-17(16-5-1-2-6-18(16)25-21)22(28)24-14-10-23-26(11-14)12-15-13-29-19-7-3-4-8-20(19)30-15/h1-11,15H,12-13H2,(H,24,28)(H,25,27)/t15-/m1/s1. The van der Waals surface area contributed by atoms with Gasteiger partial charge in [0.2, 0.25) is 5.56 Å². The number of hydrogen-bond acceptors (Lipinski definition) is 5. The molecule has 1 aliphatic rings. The molecular formula is C22H18N4O4. The minimum atomic E-state index is -0.372. The zero-order chi connectivity index (χ0) is 20.5. The summed E-state index contributed by atoms with van der Waals surface area (Å²) in [7, 11) is 0. The van der Waals surface area contributed by atoms with Gasteiger partial charge < -0.3 is 19.8 Å². The number of pyridine rings is 1. The quantitative estimate of drug-likeness (QED) is 0.547. The summed E-state index contributed by atoms with van der Waals surface area (Å²) >= 11 is 0. The van der Waals surface area contributed by atoms with E-state index in [1.807, 2.05) is 30.3 Å². The number of nitrogens with zero attached hydrogens (tertiary/aromatic N) is 2. The normalized spacial score (nSPS) is 15.1. The first-order chi connectivity index (χ1) is 14.7. The molecule has 0 unspecified atom stereocenters. The van der Waals surface area contributed by atoms with E-state index in [1.165, 1.54) is 6.07 Å². The van der Waals surface area contributed by atoms with E-state index >= 15 is 0 Å². The SMILES string of the molecule is O=C(Nc1cnn(C[C@@H]2COc3ccccc3O2)c1)c1cc(=O)[nH]c2ccccc12. The topological polar surface area (TPSA) is 98.2 Å². The maximum atomic E-state index is 12.8. The monoisotopic (exact) mass is 402 g/mol. The van der Waals surface area contributed by atoms with Gasteiger partial charge in [-0.15, -0.1) is 0 Å². The van der Waals surface area contributed by atoms with Crippen molar-refractivity contribution in [1.29, 1.82) is 0 Å². The highest BCUT2D eigenvalue weighted by molar-refractivity contribution is 6.12. The van der Waals surface area contributed by atoms with E-state index in [-0.39, 0.29) is 17.6 Å². The summed E-state index contributed by atoms with van der Waals surface area (Å²) < 4.78 is 13.4. The van der Waals surface area contributed by atoms with Gasteiger partial charge in [-0.1, -0.05) is 30.3 Å². The highest BCUT2D eigenvalue weighted by Crippen LogP contribution is 2.31. The van der Waals surface area contributed by atoms with E-state index in [9.17, 15) is 9.59 Å². The van der Waals surface area contributed by atoms with Crippen molar-refractivity contribution >= 4 is 22.5 Å². The van der Waals surface area contributed by atoms with Crippen molar-refractivity contribution in [2.45, 2.75) is 12.6 Å².